The van der Waals surface area contributed by atoms with E-state index in [1.54, 1.807) is 5.56 Å². The van der Waals surface area contributed by atoms with E-state index in [1.165, 1.54) is 49.8 Å². The van der Waals surface area contributed by atoms with Gasteiger partial charge in [-0.25, -0.2) is 0 Å². The molecule has 1 heterocycles. The van der Waals surface area contributed by atoms with Crippen LogP contribution in [-0.2, 0) is 12.8 Å². The first kappa shape index (κ1) is 9.68. The first-order chi connectivity index (χ1) is 7.36. The van der Waals surface area contributed by atoms with E-state index in [0.29, 0.717) is 6.04 Å². The lowest BCUT2D eigenvalue weighted by molar-refractivity contribution is 0.641. The number of hydrogen-bond acceptors (Lipinski definition) is 1. The molecule has 0 bridgehead atoms. The van der Waals surface area contributed by atoms with Gasteiger partial charge in [-0.05, 0) is 61.4 Å². The highest BCUT2D eigenvalue weighted by Gasteiger charge is 2.24. The Hall–Kier alpha value is -0.530. The molecule has 0 amide bonds. The quantitative estimate of drug-likeness (QED) is 0.768. The maximum Gasteiger partial charge on any atom is 0.0440 e. The first-order valence-corrected chi connectivity index (χ1v) is 6.27. The monoisotopic (exact) mass is 221 g/mol. The van der Waals surface area contributed by atoms with Gasteiger partial charge in [0.25, 0.3) is 0 Å². The van der Waals surface area contributed by atoms with E-state index in [4.69, 9.17) is 11.6 Å². The zero-order valence-corrected chi connectivity index (χ0v) is 9.61. The number of nitrogens with one attached hydrogen (secondary N) is 1. The molecule has 15 heavy (non-hydrogen) atoms. The molecule has 0 radical (unpaired) electrons. The Morgan fingerprint density at radius 1 is 1.13 bits per heavy atom. The molecule has 1 saturated heterocycles. The summed E-state index contributed by atoms with van der Waals surface area (Å²) in [5.41, 5.74) is 4.48. The van der Waals surface area contributed by atoms with Gasteiger partial charge in [0.2, 0.25) is 0 Å². The van der Waals surface area contributed by atoms with Crippen molar-refractivity contribution in [1.82, 2.24) is 5.32 Å². The third kappa shape index (κ3) is 1.58. The molecule has 1 aromatic rings. The summed E-state index contributed by atoms with van der Waals surface area (Å²) in [5, 5.41) is 4.56. The Morgan fingerprint density at radius 3 is 2.80 bits per heavy atom. The molecule has 1 fully saturated rings. The molecule has 2 heteroatoms. The van der Waals surface area contributed by atoms with Crippen molar-refractivity contribution in [3.05, 3.63) is 33.8 Å². The fraction of sp³-hybridized carbons (Fsp3) is 0.538. The Morgan fingerprint density at radius 2 is 2.00 bits per heavy atom. The molecule has 2 aliphatic rings. The van der Waals surface area contributed by atoms with Crippen molar-refractivity contribution < 1.29 is 0 Å². The minimum atomic E-state index is 0.592. The highest BCUT2D eigenvalue weighted by Crippen LogP contribution is 2.36. The molecular weight excluding hydrogens is 206 g/mol. The highest BCUT2D eigenvalue weighted by molar-refractivity contribution is 6.31. The normalized spacial score (nSPS) is 24.5. The Kier molecular flexibility index (Phi) is 2.45. The first-order valence-electron chi connectivity index (χ1n) is 5.90. The minimum Gasteiger partial charge on any atom is -0.310 e. The molecule has 0 aromatic heterocycles. The molecule has 1 aliphatic heterocycles. The van der Waals surface area contributed by atoms with Crippen LogP contribution in [0.4, 0.5) is 0 Å². The van der Waals surface area contributed by atoms with Crippen LogP contribution in [0, 0.1) is 0 Å². The second-order valence-electron chi connectivity index (χ2n) is 4.60. The predicted octanol–water partition coefficient (Wildman–Crippen LogP) is 3.25. The summed E-state index contributed by atoms with van der Waals surface area (Å²) in [6.07, 6.45) is 6.27. The maximum atomic E-state index is 6.23. The summed E-state index contributed by atoms with van der Waals surface area (Å²) in [6.45, 7) is 1.17. The fourth-order valence-corrected chi connectivity index (χ4v) is 3.24. The van der Waals surface area contributed by atoms with E-state index in [2.05, 4.69) is 17.4 Å². The van der Waals surface area contributed by atoms with Crippen molar-refractivity contribution in [2.75, 3.05) is 6.54 Å². The van der Waals surface area contributed by atoms with Gasteiger partial charge in [-0.2, -0.15) is 0 Å². The standard InChI is InChI=1S/C13H16ClN/c14-12-7-6-11(13-5-2-8-15-13)9-3-1-4-10(9)12/h6-7,13,15H,1-5,8H2/t13-/m0/s1. The summed E-state index contributed by atoms with van der Waals surface area (Å²) in [6, 6.07) is 4.91. The van der Waals surface area contributed by atoms with E-state index >= 15 is 0 Å². The van der Waals surface area contributed by atoms with Crippen molar-refractivity contribution in [3.63, 3.8) is 0 Å². The van der Waals surface area contributed by atoms with Gasteiger partial charge in [0.1, 0.15) is 0 Å². The number of hydrogen-bond donors (Lipinski definition) is 1. The number of benzene rings is 1. The van der Waals surface area contributed by atoms with Crippen molar-refractivity contribution in [3.8, 4) is 0 Å². The molecule has 1 aliphatic carbocycles. The highest BCUT2D eigenvalue weighted by atomic mass is 35.5. The summed E-state index contributed by atoms with van der Waals surface area (Å²) < 4.78 is 0. The van der Waals surface area contributed by atoms with Crippen LogP contribution in [0.1, 0.15) is 42.0 Å². The van der Waals surface area contributed by atoms with Crippen LogP contribution < -0.4 is 5.32 Å². The fourth-order valence-electron chi connectivity index (χ4n) is 2.97. The van der Waals surface area contributed by atoms with Gasteiger partial charge in [0.15, 0.2) is 0 Å². The van der Waals surface area contributed by atoms with Gasteiger partial charge >= 0.3 is 0 Å². The number of halogens is 1. The predicted molar refractivity (Wildman–Crippen MR) is 63.5 cm³/mol. The molecule has 1 N–H and O–H groups in total. The van der Waals surface area contributed by atoms with Crippen LogP contribution in [-0.4, -0.2) is 6.54 Å². The number of fused-ring (bicyclic) bond motifs is 1. The van der Waals surface area contributed by atoms with Crippen LogP contribution in [0.15, 0.2) is 12.1 Å². The maximum absolute atomic E-state index is 6.23. The number of rotatable bonds is 1. The molecule has 0 saturated carbocycles. The molecular formula is C13H16ClN. The lowest BCUT2D eigenvalue weighted by Gasteiger charge is -2.16. The summed E-state index contributed by atoms with van der Waals surface area (Å²) in [5.74, 6) is 0. The van der Waals surface area contributed by atoms with E-state index in [9.17, 15) is 0 Å². The summed E-state index contributed by atoms with van der Waals surface area (Å²) in [7, 11) is 0. The molecule has 1 atom stereocenters. The SMILES string of the molecule is Clc1ccc([C@@H]2CCCN2)c2c1CCC2. The topological polar surface area (TPSA) is 12.0 Å². The largest absolute Gasteiger partial charge is 0.310 e. The average Bonchev–Trinajstić information content (AvgIpc) is 2.88. The molecule has 1 aromatic carbocycles. The van der Waals surface area contributed by atoms with E-state index in [-0.39, 0.29) is 0 Å². The lowest BCUT2D eigenvalue weighted by atomic mass is 9.96. The zero-order valence-electron chi connectivity index (χ0n) is 8.85. The molecule has 80 valence electrons. The van der Waals surface area contributed by atoms with Crippen molar-refractivity contribution in [2.45, 2.75) is 38.1 Å². The third-order valence-electron chi connectivity index (χ3n) is 3.70. The second kappa shape index (κ2) is 3.80. The van der Waals surface area contributed by atoms with E-state index in [0.717, 1.165) is 5.02 Å². The van der Waals surface area contributed by atoms with Crippen LogP contribution in [0.3, 0.4) is 0 Å². The van der Waals surface area contributed by atoms with Gasteiger partial charge in [-0.1, -0.05) is 17.7 Å². The molecule has 1 nitrogen and oxygen atoms in total. The van der Waals surface area contributed by atoms with Crippen molar-refractivity contribution in [2.24, 2.45) is 0 Å². The summed E-state index contributed by atoms with van der Waals surface area (Å²) >= 11 is 6.23. The van der Waals surface area contributed by atoms with Gasteiger partial charge < -0.3 is 5.32 Å². The third-order valence-corrected chi connectivity index (χ3v) is 4.05. The van der Waals surface area contributed by atoms with Crippen LogP contribution >= 0.6 is 11.6 Å². The molecule has 0 spiro atoms. The Bertz CT molecular complexity index is 380. The minimum absolute atomic E-state index is 0.592. The van der Waals surface area contributed by atoms with Gasteiger partial charge in [0, 0.05) is 11.1 Å². The molecule has 0 unspecified atom stereocenters. The average molecular weight is 222 g/mol. The van der Waals surface area contributed by atoms with Crippen molar-refractivity contribution in [1.29, 1.82) is 0 Å². The zero-order chi connectivity index (χ0) is 10.3. The van der Waals surface area contributed by atoms with Gasteiger partial charge in [-0.3, -0.25) is 0 Å². The second-order valence-corrected chi connectivity index (χ2v) is 5.00. The van der Waals surface area contributed by atoms with Gasteiger partial charge in [-0.15, -0.1) is 0 Å². The van der Waals surface area contributed by atoms with Crippen LogP contribution in [0.5, 0.6) is 0 Å². The molecule has 3 rings (SSSR count). The van der Waals surface area contributed by atoms with E-state index in [1.807, 2.05) is 0 Å². The summed E-state index contributed by atoms with van der Waals surface area (Å²) in [4.78, 5) is 0. The van der Waals surface area contributed by atoms with Gasteiger partial charge in [0.05, 0.1) is 0 Å². The Balaban J connectivity index is 2.04. The Labute approximate surface area is 95.8 Å². The van der Waals surface area contributed by atoms with Crippen LogP contribution in [0.25, 0.3) is 0 Å². The van der Waals surface area contributed by atoms with Crippen LogP contribution in [0.2, 0.25) is 5.02 Å². The van der Waals surface area contributed by atoms with E-state index < -0.39 is 0 Å². The smallest absolute Gasteiger partial charge is 0.0440 e. The lowest BCUT2D eigenvalue weighted by Crippen LogP contribution is -2.14. The van der Waals surface area contributed by atoms with Crippen molar-refractivity contribution >= 4 is 11.6 Å².